The van der Waals surface area contributed by atoms with E-state index in [1.807, 2.05) is 18.2 Å². The number of rotatable bonds is 7. The van der Waals surface area contributed by atoms with Gasteiger partial charge in [-0.1, -0.05) is 42.5 Å². The summed E-state index contributed by atoms with van der Waals surface area (Å²) in [6.45, 7) is -0.410. The van der Waals surface area contributed by atoms with Gasteiger partial charge in [0.25, 0.3) is 11.1 Å². The standard InChI is InChI=1S/C25H19NO7S/c1-31-24(29)18-9-7-17(8-10-18)20-12-11-19(33-20)13-21-23(28)26(25(30)34-21)14-22(27)32-15-16-5-3-2-4-6-16/h2-13H,14-15H2,1H3/b21-13-. The zero-order valence-electron chi connectivity index (χ0n) is 18.1. The molecule has 1 aliphatic heterocycles. The van der Waals surface area contributed by atoms with Crippen molar-refractivity contribution in [2.24, 2.45) is 0 Å². The number of nitrogens with zero attached hydrogens (tertiary/aromatic N) is 1. The van der Waals surface area contributed by atoms with Crippen LogP contribution < -0.4 is 0 Å². The van der Waals surface area contributed by atoms with Crippen LogP contribution in [0.2, 0.25) is 0 Å². The second-order valence-corrected chi connectivity index (χ2v) is 8.18. The van der Waals surface area contributed by atoms with Gasteiger partial charge in [0, 0.05) is 11.6 Å². The smallest absolute Gasteiger partial charge is 0.337 e. The van der Waals surface area contributed by atoms with Crippen molar-refractivity contribution >= 4 is 40.9 Å². The zero-order chi connectivity index (χ0) is 24.1. The van der Waals surface area contributed by atoms with Crippen molar-refractivity contribution in [2.45, 2.75) is 6.61 Å². The van der Waals surface area contributed by atoms with Crippen LogP contribution in [0, 0.1) is 0 Å². The molecule has 1 aliphatic rings. The number of methoxy groups -OCH3 is 1. The lowest BCUT2D eigenvalue weighted by molar-refractivity contribution is -0.147. The molecule has 0 unspecified atom stereocenters. The van der Waals surface area contributed by atoms with Crippen LogP contribution in [-0.4, -0.2) is 41.6 Å². The van der Waals surface area contributed by atoms with Gasteiger partial charge in [-0.25, -0.2) is 4.79 Å². The molecule has 1 fully saturated rings. The van der Waals surface area contributed by atoms with Crippen LogP contribution >= 0.6 is 11.8 Å². The maximum atomic E-state index is 12.7. The van der Waals surface area contributed by atoms with E-state index in [1.54, 1.807) is 48.5 Å². The molecule has 9 heteroatoms. The van der Waals surface area contributed by atoms with Crippen LogP contribution in [0.4, 0.5) is 4.79 Å². The molecule has 0 saturated carbocycles. The lowest BCUT2D eigenvalue weighted by Gasteiger charge is -2.11. The van der Waals surface area contributed by atoms with Crippen LogP contribution in [0.15, 0.2) is 76.1 Å². The van der Waals surface area contributed by atoms with Gasteiger partial charge in [-0.15, -0.1) is 0 Å². The lowest BCUT2D eigenvalue weighted by Crippen LogP contribution is -2.34. The van der Waals surface area contributed by atoms with E-state index < -0.39 is 29.6 Å². The Hall–Kier alpha value is -4.11. The number of furan rings is 1. The molecular formula is C25H19NO7S. The van der Waals surface area contributed by atoms with Gasteiger partial charge in [0.2, 0.25) is 0 Å². The maximum Gasteiger partial charge on any atom is 0.337 e. The fourth-order valence-corrected chi connectivity index (χ4v) is 3.97. The van der Waals surface area contributed by atoms with Crippen LogP contribution in [-0.2, 0) is 25.7 Å². The quantitative estimate of drug-likeness (QED) is 0.362. The molecule has 0 N–H and O–H groups in total. The van der Waals surface area contributed by atoms with Gasteiger partial charge in [0.15, 0.2) is 0 Å². The third kappa shape index (κ3) is 5.26. The molecule has 172 valence electrons. The predicted molar refractivity (Wildman–Crippen MR) is 124 cm³/mol. The molecule has 8 nitrogen and oxygen atoms in total. The van der Waals surface area contributed by atoms with Crippen LogP contribution in [0.25, 0.3) is 17.4 Å². The van der Waals surface area contributed by atoms with Gasteiger partial charge in [0.1, 0.15) is 24.7 Å². The summed E-state index contributed by atoms with van der Waals surface area (Å²) in [6, 6.07) is 19.1. The van der Waals surface area contributed by atoms with Gasteiger partial charge in [-0.3, -0.25) is 19.3 Å². The third-order valence-corrected chi connectivity index (χ3v) is 5.80. The summed E-state index contributed by atoms with van der Waals surface area (Å²) in [5.74, 6) is -0.822. The number of carbonyl (C=O) groups is 4. The third-order valence-electron chi connectivity index (χ3n) is 4.89. The van der Waals surface area contributed by atoms with E-state index >= 15 is 0 Å². The van der Waals surface area contributed by atoms with Crippen LogP contribution in [0.5, 0.6) is 0 Å². The van der Waals surface area contributed by atoms with E-state index in [1.165, 1.54) is 13.2 Å². The minimum Gasteiger partial charge on any atom is -0.465 e. The molecule has 0 aliphatic carbocycles. The molecule has 1 aromatic heterocycles. The van der Waals surface area contributed by atoms with Gasteiger partial charge in [-0.2, -0.15) is 0 Å². The average Bonchev–Trinajstić information content (AvgIpc) is 3.43. The van der Waals surface area contributed by atoms with E-state index in [-0.39, 0.29) is 11.5 Å². The molecule has 3 aromatic rings. The van der Waals surface area contributed by atoms with Crippen molar-refractivity contribution < 1.29 is 33.1 Å². The van der Waals surface area contributed by atoms with E-state index in [0.717, 1.165) is 27.8 Å². The first kappa shape index (κ1) is 23.1. The number of hydrogen-bond acceptors (Lipinski definition) is 8. The van der Waals surface area contributed by atoms with Crippen LogP contribution in [0.3, 0.4) is 0 Å². The van der Waals surface area contributed by atoms with E-state index in [9.17, 15) is 19.2 Å². The summed E-state index contributed by atoms with van der Waals surface area (Å²) in [4.78, 5) is 49.6. The highest BCUT2D eigenvalue weighted by molar-refractivity contribution is 8.18. The first-order valence-corrected chi connectivity index (χ1v) is 11.0. The first-order valence-electron chi connectivity index (χ1n) is 10.2. The molecular weight excluding hydrogens is 458 g/mol. The number of carbonyl (C=O) groups excluding carboxylic acids is 4. The van der Waals surface area contributed by atoms with Crippen molar-refractivity contribution in [1.82, 2.24) is 4.90 Å². The molecule has 4 rings (SSSR count). The van der Waals surface area contributed by atoms with E-state index in [2.05, 4.69) is 4.74 Å². The first-order chi connectivity index (χ1) is 16.4. The number of amides is 2. The van der Waals surface area contributed by atoms with E-state index in [0.29, 0.717) is 17.1 Å². The normalized spacial score (nSPS) is 14.5. The van der Waals surface area contributed by atoms with Crippen molar-refractivity contribution in [3.05, 3.63) is 88.5 Å². The van der Waals surface area contributed by atoms with Gasteiger partial charge in [0.05, 0.1) is 17.6 Å². The van der Waals surface area contributed by atoms with E-state index in [4.69, 9.17) is 9.15 Å². The summed E-state index contributed by atoms with van der Waals surface area (Å²) in [5.41, 5.74) is 1.94. The molecule has 0 bridgehead atoms. The Balaban J connectivity index is 1.40. The molecule has 0 atom stereocenters. The summed E-state index contributed by atoms with van der Waals surface area (Å²) in [6.07, 6.45) is 1.45. The Morgan fingerprint density at radius 3 is 2.44 bits per heavy atom. The number of ether oxygens (including phenoxy) is 2. The monoisotopic (exact) mass is 477 g/mol. The fraction of sp³-hybridized carbons (Fsp3) is 0.120. The molecule has 2 aromatic carbocycles. The Labute approximate surface area is 199 Å². The Morgan fingerprint density at radius 2 is 1.74 bits per heavy atom. The lowest BCUT2D eigenvalue weighted by atomic mass is 10.1. The molecule has 2 heterocycles. The second-order valence-electron chi connectivity index (χ2n) is 7.19. The van der Waals surface area contributed by atoms with Crippen molar-refractivity contribution in [3.63, 3.8) is 0 Å². The highest BCUT2D eigenvalue weighted by atomic mass is 32.2. The molecule has 34 heavy (non-hydrogen) atoms. The summed E-state index contributed by atoms with van der Waals surface area (Å²) in [5, 5.41) is -0.557. The van der Waals surface area contributed by atoms with Crippen molar-refractivity contribution in [1.29, 1.82) is 0 Å². The van der Waals surface area contributed by atoms with Gasteiger partial charge >= 0.3 is 11.9 Å². The summed E-state index contributed by atoms with van der Waals surface area (Å²) < 4.78 is 15.6. The maximum absolute atomic E-state index is 12.7. The fourth-order valence-electron chi connectivity index (χ4n) is 3.15. The summed E-state index contributed by atoms with van der Waals surface area (Å²) in [7, 11) is 1.31. The number of thioether (sulfide) groups is 1. The Kier molecular flexibility index (Phi) is 6.93. The second kappa shape index (κ2) is 10.2. The largest absolute Gasteiger partial charge is 0.465 e. The average molecular weight is 477 g/mol. The Morgan fingerprint density at radius 1 is 1.00 bits per heavy atom. The Bertz CT molecular complexity index is 1260. The van der Waals surface area contributed by atoms with Gasteiger partial charge in [-0.05, 0) is 41.6 Å². The topological polar surface area (TPSA) is 103 Å². The number of benzene rings is 2. The number of hydrogen-bond donors (Lipinski definition) is 0. The predicted octanol–water partition coefficient (Wildman–Crippen LogP) is 4.51. The molecule has 0 spiro atoms. The molecule has 1 saturated heterocycles. The SMILES string of the molecule is COC(=O)c1ccc(-c2ccc(/C=C3\SC(=O)N(CC(=O)OCc4ccccc4)C3=O)o2)cc1. The summed E-state index contributed by atoms with van der Waals surface area (Å²) >= 11 is 0.725. The minimum atomic E-state index is -0.678. The van der Waals surface area contributed by atoms with Crippen molar-refractivity contribution in [2.75, 3.05) is 13.7 Å². The number of esters is 2. The molecule has 0 radical (unpaired) electrons. The minimum absolute atomic E-state index is 0.0571. The van der Waals surface area contributed by atoms with Crippen LogP contribution in [0.1, 0.15) is 21.7 Å². The molecule has 2 amide bonds. The zero-order valence-corrected chi connectivity index (χ0v) is 18.9. The van der Waals surface area contributed by atoms with Crippen molar-refractivity contribution in [3.8, 4) is 11.3 Å². The number of imide groups is 1. The van der Waals surface area contributed by atoms with Gasteiger partial charge < -0.3 is 13.9 Å². The highest BCUT2D eigenvalue weighted by Crippen LogP contribution is 2.33. The highest BCUT2D eigenvalue weighted by Gasteiger charge is 2.37.